The van der Waals surface area contributed by atoms with E-state index in [0.717, 1.165) is 25.7 Å². The summed E-state index contributed by atoms with van der Waals surface area (Å²) >= 11 is 0. The molecule has 0 heterocycles. The molecule has 0 aliphatic carbocycles. The van der Waals surface area contributed by atoms with Gasteiger partial charge in [0.05, 0.1) is 5.97 Å². The van der Waals surface area contributed by atoms with Crippen molar-refractivity contribution in [2.24, 2.45) is 17.8 Å². The van der Waals surface area contributed by atoms with Gasteiger partial charge in [-0.3, -0.25) is 4.55 Å². The van der Waals surface area contributed by atoms with Gasteiger partial charge in [0.25, 0.3) is 10.1 Å². The molecular formula is C20H36CoO7S. The van der Waals surface area contributed by atoms with E-state index in [9.17, 15) is 32.8 Å². The molecule has 0 fully saturated rings. The summed E-state index contributed by atoms with van der Waals surface area (Å²) in [6.45, 7) is 8.19. The molecule has 0 aromatic rings. The first-order valence-electron chi connectivity index (χ1n) is 10.3. The maximum absolute atomic E-state index is 12.0. The Kier molecular flexibility index (Phi) is 15.1. The molecule has 173 valence electrons. The Morgan fingerprint density at radius 1 is 0.828 bits per heavy atom. The summed E-state index contributed by atoms with van der Waals surface area (Å²) in [4.78, 5) is 23.5. The van der Waals surface area contributed by atoms with Crippen molar-refractivity contribution in [1.29, 1.82) is 0 Å². The van der Waals surface area contributed by atoms with Crippen LogP contribution >= 0.6 is 0 Å². The van der Waals surface area contributed by atoms with Crippen LogP contribution in [-0.4, -0.2) is 29.7 Å². The van der Waals surface area contributed by atoms with Crippen LogP contribution in [0.4, 0.5) is 0 Å². The van der Waals surface area contributed by atoms with E-state index in [-0.39, 0.29) is 29.6 Å². The Morgan fingerprint density at radius 3 is 1.59 bits per heavy atom. The average Bonchev–Trinajstić information content (AvgIpc) is 2.52. The molecule has 7 nitrogen and oxygen atoms in total. The maximum Gasteiger partial charge on any atom is 2.00 e. The molecule has 0 amide bonds. The van der Waals surface area contributed by atoms with Crippen LogP contribution in [0, 0.1) is 17.8 Å². The van der Waals surface area contributed by atoms with Gasteiger partial charge >= 0.3 is 16.8 Å². The van der Waals surface area contributed by atoms with E-state index in [1.807, 2.05) is 13.8 Å². The van der Waals surface area contributed by atoms with E-state index in [2.05, 4.69) is 13.8 Å². The SMILES string of the molecule is CC(C)CCCCCC(C(=O)[O-])C(CCCCCC(C)C)(C(=O)[O-])S(=O)(=O)O.[Co+2]. The second kappa shape index (κ2) is 14.4. The first kappa shape index (κ1) is 30.5. The quantitative estimate of drug-likeness (QED) is 0.264. The maximum atomic E-state index is 12.0. The van der Waals surface area contributed by atoms with Crippen LogP contribution < -0.4 is 10.2 Å². The van der Waals surface area contributed by atoms with Gasteiger partial charge in [0, 0.05) is 11.9 Å². The summed E-state index contributed by atoms with van der Waals surface area (Å²) in [5, 5.41) is 23.5. The third-order valence-electron chi connectivity index (χ3n) is 5.26. The summed E-state index contributed by atoms with van der Waals surface area (Å²) in [6, 6.07) is 0. The van der Waals surface area contributed by atoms with Gasteiger partial charge in [0.1, 0.15) is 4.75 Å². The van der Waals surface area contributed by atoms with E-state index >= 15 is 0 Å². The molecule has 0 aliphatic heterocycles. The third-order valence-corrected chi connectivity index (χ3v) is 6.83. The fourth-order valence-corrected chi connectivity index (χ4v) is 4.76. The van der Waals surface area contributed by atoms with Crippen LogP contribution in [-0.2, 0) is 36.5 Å². The number of carbonyl (C=O) groups is 2. The van der Waals surface area contributed by atoms with Gasteiger partial charge in [0.2, 0.25) is 0 Å². The topological polar surface area (TPSA) is 135 Å². The van der Waals surface area contributed by atoms with Gasteiger partial charge in [0.15, 0.2) is 0 Å². The van der Waals surface area contributed by atoms with Crippen molar-refractivity contribution in [3.8, 4) is 0 Å². The second-order valence-electron chi connectivity index (χ2n) is 8.55. The Bertz CT molecular complexity index is 590. The first-order chi connectivity index (χ1) is 12.9. The van der Waals surface area contributed by atoms with Crippen molar-refractivity contribution in [2.75, 3.05) is 0 Å². The second-order valence-corrected chi connectivity index (χ2v) is 10.2. The number of hydrogen-bond donors (Lipinski definition) is 1. The van der Waals surface area contributed by atoms with Crippen LogP contribution in [0.25, 0.3) is 0 Å². The fraction of sp³-hybridized carbons (Fsp3) is 0.900. The molecule has 0 aromatic heterocycles. The molecule has 0 saturated heterocycles. The first-order valence-corrected chi connectivity index (χ1v) is 11.7. The standard InChI is InChI=1S/C20H38O7S.Co/c1-15(2)11-7-5-9-13-17(18(21)22)20(19(23)24,28(25,26)27)14-10-6-8-12-16(3)4;/h15-17H,5-14H2,1-4H3,(H,21,22)(H,23,24)(H,25,26,27);/q;+2/p-2. The van der Waals surface area contributed by atoms with Crippen molar-refractivity contribution in [3.05, 3.63) is 0 Å². The number of hydrogen-bond acceptors (Lipinski definition) is 6. The predicted octanol–water partition coefficient (Wildman–Crippen LogP) is 1.94. The summed E-state index contributed by atoms with van der Waals surface area (Å²) < 4.78 is 30.9. The number of unbranched alkanes of at least 4 members (excludes halogenated alkanes) is 4. The van der Waals surface area contributed by atoms with E-state index < -0.39 is 39.1 Å². The van der Waals surface area contributed by atoms with E-state index in [0.29, 0.717) is 31.1 Å². The fourth-order valence-electron chi connectivity index (χ4n) is 3.57. The zero-order valence-corrected chi connectivity index (χ0v) is 19.8. The summed E-state index contributed by atoms with van der Waals surface area (Å²) in [5.41, 5.74) is 0. The largest absolute Gasteiger partial charge is 2.00 e. The average molecular weight is 480 g/mol. The van der Waals surface area contributed by atoms with Crippen LogP contribution in [0.3, 0.4) is 0 Å². The van der Waals surface area contributed by atoms with Crippen molar-refractivity contribution < 1.29 is 49.6 Å². The van der Waals surface area contributed by atoms with E-state index in [4.69, 9.17) is 0 Å². The van der Waals surface area contributed by atoms with Gasteiger partial charge in [-0.25, -0.2) is 0 Å². The molecule has 9 heteroatoms. The number of carbonyl (C=O) groups excluding carboxylic acids is 2. The summed E-state index contributed by atoms with van der Waals surface area (Å²) in [5.74, 6) is -4.77. The minimum Gasteiger partial charge on any atom is -0.550 e. The molecule has 0 aliphatic rings. The Balaban J connectivity index is 0. The molecule has 29 heavy (non-hydrogen) atoms. The number of carboxylic acids is 2. The van der Waals surface area contributed by atoms with E-state index in [1.54, 1.807) is 0 Å². The van der Waals surface area contributed by atoms with Crippen LogP contribution in [0.15, 0.2) is 0 Å². The number of aliphatic carboxylic acids is 2. The zero-order valence-electron chi connectivity index (χ0n) is 17.9. The van der Waals surface area contributed by atoms with Crippen LogP contribution in [0.1, 0.15) is 91.9 Å². The Hall–Kier alpha value is -0.644. The van der Waals surface area contributed by atoms with Crippen molar-refractivity contribution >= 4 is 22.1 Å². The van der Waals surface area contributed by atoms with Gasteiger partial charge in [-0.2, -0.15) is 8.42 Å². The molecule has 0 spiro atoms. The predicted molar refractivity (Wildman–Crippen MR) is 104 cm³/mol. The van der Waals surface area contributed by atoms with Gasteiger partial charge < -0.3 is 19.8 Å². The monoisotopic (exact) mass is 479 g/mol. The van der Waals surface area contributed by atoms with Gasteiger partial charge in [-0.1, -0.05) is 79.1 Å². The molecule has 0 saturated carbocycles. The minimum atomic E-state index is -5.21. The molecular weight excluding hydrogens is 443 g/mol. The number of rotatable bonds is 16. The molecule has 0 rings (SSSR count). The van der Waals surface area contributed by atoms with Crippen molar-refractivity contribution in [3.63, 3.8) is 0 Å². The molecule has 0 bridgehead atoms. The van der Waals surface area contributed by atoms with Crippen molar-refractivity contribution in [1.82, 2.24) is 0 Å². The smallest absolute Gasteiger partial charge is 0.550 e. The molecule has 1 radical (unpaired) electrons. The molecule has 1 N–H and O–H groups in total. The summed E-state index contributed by atoms with van der Waals surface area (Å²) in [6.07, 6.45) is 4.41. The van der Waals surface area contributed by atoms with Crippen molar-refractivity contribution in [2.45, 2.75) is 96.7 Å². The van der Waals surface area contributed by atoms with Gasteiger partial charge in [-0.15, -0.1) is 0 Å². The zero-order chi connectivity index (χ0) is 22.0. The Labute approximate surface area is 186 Å². The molecule has 0 aromatic carbocycles. The normalized spacial score (nSPS) is 15.0. The Morgan fingerprint density at radius 2 is 1.24 bits per heavy atom. The number of carboxylic acid groups (broad SMARTS) is 2. The van der Waals surface area contributed by atoms with Crippen LogP contribution in [0.5, 0.6) is 0 Å². The third kappa shape index (κ3) is 10.3. The molecule has 2 atom stereocenters. The van der Waals surface area contributed by atoms with Gasteiger partial charge in [-0.05, 0) is 24.7 Å². The summed E-state index contributed by atoms with van der Waals surface area (Å²) in [7, 11) is -5.21. The minimum absolute atomic E-state index is 0. The van der Waals surface area contributed by atoms with E-state index in [1.165, 1.54) is 0 Å². The van der Waals surface area contributed by atoms with Crippen LogP contribution in [0.2, 0.25) is 0 Å². The molecule has 2 unspecified atom stereocenters.